The molecule has 4 nitrogen and oxygen atoms in total. The van der Waals surface area contributed by atoms with Gasteiger partial charge in [-0.1, -0.05) is 12.1 Å². The van der Waals surface area contributed by atoms with Crippen LogP contribution in [0.25, 0.3) is 0 Å². The topological polar surface area (TPSA) is 61.6 Å². The monoisotopic (exact) mass is 235 g/mol. The molecule has 0 aliphatic carbocycles. The van der Waals surface area contributed by atoms with Crippen LogP contribution in [0, 0.1) is 0 Å². The van der Waals surface area contributed by atoms with E-state index in [0.717, 1.165) is 25.0 Å². The van der Waals surface area contributed by atoms with Gasteiger partial charge in [0, 0.05) is 12.3 Å². The maximum atomic E-state index is 11.7. The normalized spacial score (nSPS) is 19.9. The standard InChI is InChI=1S/C13H17NO3/c14-11-5-3-10(4-6-11)8-13(15)17-12-2-1-7-16-9-12/h3-6,12H,1-2,7-9,14H2. The average molecular weight is 235 g/mol. The predicted octanol–water partition coefficient (Wildman–Crippen LogP) is 1.53. The van der Waals surface area contributed by atoms with Crippen LogP contribution in [0.4, 0.5) is 5.69 Å². The van der Waals surface area contributed by atoms with Crippen molar-refractivity contribution in [1.82, 2.24) is 0 Å². The van der Waals surface area contributed by atoms with Crippen molar-refractivity contribution in [3.05, 3.63) is 29.8 Å². The van der Waals surface area contributed by atoms with Gasteiger partial charge in [0.05, 0.1) is 13.0 Å². The SMILES string of the molecule is Nc1ccc(CC(=O)OC2CCCOC2)cc1. The second-order valence-corrected chi connectivity index (χ2v) is 4.25. The van der Waals surface area contributed by atoms with E-state index in [9.17, 15) is 4.79 Å². The lowest BCUT2D eigenvalue weighted by atomic mass is 10.1. The molecule has 0 amide bonds. The lowest BCUT2D eigenvalue weighted by Crippen LogP contribution is -2.28. The molecule has 1 aliphatic rings. The Labute approximate surface area is 101 Å². The van der Waals surface area contributed by atoms with E-state index in [0.29, 0.717) is 12.3 Å². The van der Waals surface area contributed by atoms with Gasteiger partial charge in [0.15, 0.2) is 0 Å². The van der Waals surface area contributed by atoms with Crippen LogP contribution >= 0.6 is 0 Å². The Bertz CT molecular complexity index is 369. The fourth-order valence-corrected chi connectivity index (χ4v) is 1.83. The molecule has 0 spiro atoms. The number of carbonyl (C=O) groups excluding carboxylic acids is 1. The first-order chi connectivity index (χ1) is 8.24. The van der Waals surface area contributed by atoms with Crippen LogP contribution in [0.2, 0.25) is 0 Å². The zero-order valence-corrected chi connectivity index (χ0v) is 9.72. The molecule has 1 heterocycles. The maximum Gasteiger partial charge on any atom is 0.310 e. The molecule has 1 saturated heterocycles. The van der Waals surface area contributed by atoms with Gasteiger partial charge >= 0.3 is 5.97 Å². The number of nitrogens with two attached hydrogens (primary N) is 1. The second kappa shape index (κ2) is 5.68. The van der Waals surface area contributed by atoms with Crippen molar-refractivity contribution >= 4 is 11.7 Å². The fourth-order valence-electron chi connectivity index (χ4n) is 1.83. The predicted molar refractivity (Wildman–Crippen MR) is 64.5 cm³/mol. The molecule has 2 N–H and O–H groups in total. The minimum Gasteiger partial charge on any atom is -0.460 e. The lowest BCUT2D eigenvalue weighted by Gasteiger charge is -2.22. The van der Waals surface area contributed by atoms with Crippen molar-refractivity contribution in [3.8, 4) is 0 Å². The molecule has 17 heavy (non-hydrogen) atoms. The summed E-state index contributed by atoms with van der Waals surface area (Å²) in [5, 5.41) is 0. The number of benzene rings is 1. The molecule has 1 atom stereocenters. The summed E-state index contributed by atoms with van der Waals surface area (Å²) < 4.78 is 10.6. The molecule has 1 aromatic carbocycles. The summed E-state index contributed by atoms with van der Waals surface area (Å²) in [4.78, 5) is 11.7. The number of anilines is 1. The summed E-state index contributed by atoms with van der Waals surface area (Å²) in [5.74, 6) is -0.203. The largest absolute Gasteiger partial charge is 0.460 e. The molecular formula is C13H17NO3. The molecule has 0 aromatic heterocycles. The van der Waals surface area contributed by atoms with Crippen molar-refractivity contribution in [2.24, 2.45) is 0 Å². The summed E-state index contributed by atoms with van der Waals surface area (Å²) >= 11 is 0. The first-order valence-corrected chi connectivity index (χ1v) is 5.85. The smallest absolute Gasteiger partial charge is 0.310 e. The average Bonchev–Trinajstić information content (AvgIpc) is 2.33. The van der Waals surface area contributed by atoms with Gasteiger partial charge in [0.25, 0.3) is 0 Å². The van der Waals surface area contributed by atoms with Crippen molar-refractivity contribution in [2.75, 3.05) is 18.9 Å². The molecule has 0 bridgehead atoms. The molecule has 0 saturated carbocycles. The van der Waals surface area contributed by atoms with Crippen LogP contribution in [0.5, 0.6) is 0 Å². The number of ether oxygens (including phenoxy) is 2. The summed E-state index contributed by atoms with van der Waals surface area (Å²) in [7, 11) is 0. The molecule has 4 heteroatoms. The summed E-state index contributed by atoms with van der Waals surface area (Å²) in [6.45, 7) is 1.29. The zero-order chi connectivity index (χ0) is 12.1. The van der Waals surface area contributed by atoms with Gasteiger partial charge in [-0.05, 0) is 30.5 Å². The van der Waals surface area contributed by atoms with Crippen LogP contribution in [0.15, 0.2) is 24.3 Å². The van der Waals surface area contributed by atoms with Gasteiger partial charge in [0.1, 0.15) is 6.10 Å². The van der Waals surface area contributed by atoms with Crippen LogP contribution in [-0.4, -0.2) is 25.3 Å². The Kier molecular flexibility index (Phi) is 3.98. The van der Waals surface area contributed by atoms with E-state index in [4.69, 9.17) is 15.2 Å². The van der Waals surface area contributed by atoms with Gasteiger partial charge in [-0.15, -0.1) is 0 Å². The van der Waals surface area contributed by atoms with Gasteiger partial charge in [-0.3, -0.25) is 4.79 Å². The molecule has 0 radical (unpaired) electrons. The third-order valence-corrected chi connectivity index (χ3v) is 2.74. The maximum absolute atomic E-state index is 11.7. The van der Waals surface area contributed by atoms with E-state index >= 15 is 0 Å². The highest BCUT2D eigenvalue weighted by atomic mass is 16.6. The number of hydrogen-bond donors (Lipinski definition) is 1. The number of hydrogen-bond acceptors (Lipinski definition) is 4. The minimum atomic E-state index is -0.203. The Hall–Kier alpha value is -1.55. The minimum absolute atomic E-state index is 0.0787. The molecule has 1 unspecified atom stereocenters. The first-order valence-electron chi connectivity index (χ1n) is 5.85. The van der Waals surface area contributed by atoms with Gasteiger partial charge in [0.2, 0.25) is 0 Å². The molecule has 2 rings (SSSR count). The van der Waals surface area contributed by atoms with Crippen molar-refractivity contribution in [2.45, 2.75) is 25.4 Å². The first kappa shape index (κ1) is 11.9. The third-order valence-electron chi connectivity index (χ3n) is 2.74. The van der Waals surface area contributed by atoms with Crippen molar-refractivity contribution in [1.29, 1.82) is 0 Å². The molecule has 1 fully saturated rings. The van der Waals surface area contributed by atoms with Gasteiger partial charge in [-0.25, -0.2) is 0 Å². The lowest BCUT2D eigenvalue weighted by molar-refractivity contribution is -0.154. The fraction of sp³-hybridized carbons (Fsp3) is 0.462. The van der Waals surface area contributed by atoms with Crippen LogP contribution in [0.1, 0.15) is 18.4 Å². The number of rotatable bonds is 3. The summed E-state index contributed by atoms with van der Waals surface area (Å²) in [5.41, 5.74) is 7.19. The van der Waals surface area contributed by atoms with E-state index in [1.165, 1.54) is 0 Å². The van der Waals surface area contributed by atoms with E-state index in [2.05, 4.69) is 0 Å². The number of esters is 1. The Morgan fingerprint density at radius 3 is 2.82 bits per heavy atom. The highest BCUT2D eigenvalue weighted by Gasteiger charge is 2.18. The highest BCUT2D eigenvalue weighted by Crippen LogP contribution is 2.12. The Morgan fingerprint density at radius 2 is 2.18 bits per heavy atom. The number of nitrogen functional groups attached to an aromatic ring is 1. The number of carbonyl (C=O) groups is 1. The van der Waals surface area contributed by atoms with E-state index in [1.54, 1.807) is 12.1 Å². The zero-order valence-electron chi connectivity index (χ0n) is 9.72. The van der Waals surface area contributed by atoms with Crippen LogP contribution in [0.3, 0.4) is 0 Å². The second-order valence-electron chi connectivity index (χ2n) is 4.25. The Balaban J connectivity index is 1.82. The van der Waals surface area contributed by atoms with E-state index < -0.39 is 0 Å². The Morgan fingerprint density at radius 1 is 1.41 bits per heavy atom. The van der Waals surface area contributed by atoms with Gasteiger partial charge < -0.3 is 15.2 Å². The quantitative estimate of drug-likeness (QED) is 0.637. The molecular weight excluding hydrogens is 218 g/mol. The van der Waals surface area contributed by atoms with E-state index in [-0.39, 0.29) is 18.5 Å². The molecule has 1 aromatic rings. The van der Waals surface area contributed by atoms with Crippen LogP contribution < -0.4 is 5.73 Å². The van der Waals surface area contributed by atoms with Crippen molar-refractivity contribution in [3.63, 3.8) is 0 Å². The molecule has 92 valence electrons. The van der Waals surface area contributed by atoms with Crippen LogP contribution in [-0.2, 0) is 20.7 Å². The van der Waals surface area contributed by atoms with E-state index in [1.807, 2.05) is 12.1 Å². The molecule has 1 aliphatic heterocycles. The summed E-state index contributed by atoms with van der Waals surface area (Å²) in [6, 6.07) is 7.25. The van der Waals surface area contributed by atoms with Gasteiger partial charge in [-0.2, -0.15) is 0 Å². The third kappa shape index (κ3) is 3.75. The highest BCUT2D eigenvalue weighted by molar-refractivity contribution is 5.72. The van der Waals surface area contributed by atoms with Crippen molar-refractivity contribution < 1.29 is 14.3 Å². The summed E-state index contributed by atoms with van der Waals surface area (Å²) in [6.07, 6.45) is 2.06.